The average Bonchev–Trinajstić information content (AvgIpc) is 2.97. The van der Waals surface area contributed by atoms with Crippen molar-refractivity contribution in [3.8, 4) is 0 Å². The number of hydrogen-bond acceptors (Lipinski definition) is 3. The first-order valence-electron chi connectivity index (χ1n) is 7.39. The van der Waals surface area contributed by atoms with Gasteiger partial charge in [-0.1, -0.05) is 28.1 Å². The van der Waals surface area contributed by atoms with E-state index in [-0.39, 0.29) is 18.1 Å². The van der Waals surface area contributed by atoms with Crippen LogP contribution in [0.2, 0.25) is 0 Å². The van der Waals surface area contributed by atoms with Crippen molar-refractivity contribution in [2.24, 2.45) is 0 Å². The smallest absolute Gasteiger partial charge is 0.222 e. The quantitative estimate of drug-likeness (QED) is 0.764. The summed E-state index contributed by atoms with van der Waals surface area (Å²) >= 11 is 3.44. The molecule has 1 amide bonds. The first-order chi connectivity index (χ1) is 10.1. The van der Waals surface area contributed by atoms with Gasteiger partial charge in [0.15, 0.2) is 0 Å². The van der Waals surface area contributed by atoms with Crippen LogP contribution in [0.15, 0.2) is 28.7 Å². The molecule has 1 aliphatic heterocycles. The highest BCUT2D eigenvalue weighted by atomic mass is 79.9. The van der Waals surface area contributed by atoms with E-state index < -0.39 is 0 Å². The van der Waals surface area contributed by atoms with E-state index in [1.807, 2.05) is 31.2 Å². The second-order valence-corrected chi connectivity index (χ2v) is 6.22. The van der Waals surface area contributed by atoms with Gasteiger partial charge in [-0.25, -0.2) is 0 Å². The van der Waals surface area contributed by atoms with E-state index in [4.69, 9.17) is 9.47 Å². The van der Waals surface area contributed by atoms with Gasteiger partial charge >= 0.3 is 0 Å². The lowest BCUT2D eigenvalue weighted by Gasteiger charge is -2.15. The normalized spacial score (nSPS) is 19.4. The molecule has 0 spiro atoms. The molecule has 1 fully saturated rings. The number of ether oxygens (including phenoxy) is 2. The molecule has 0 aliphatic carbocycles. The van der Waals surface area contributed by atoms with Crippen LogP contribution in [0.3, 0.4) is 0 Å². The van der Waals surface area contributed by atoms with Crippen molar-refractivity contribution >= 4 is 21.8 Å². The lowest BCUT2D eigenvalue weighted by molar-refractivity contribution is -0.123. The van der Waals surface area contributed by atoms with E-state index in [1.165, 1.54) is 0 Å². The molecule has 0 bridgehead atoms. The third-order valence-corrected chi connectivity index (χ3v) is 4.02. The van der Waals surface area contributed by atoms with E-state index in [0.717, 1.165) is 29.5 Å². The van der Waals surface area contributed by atoms with E-state index >= 15 is 0 Å². The Morgan fingerprint density at radius 3 is 3.14 bits per heavy atom. The maximum absolute atomic E-state index is 11.9. The van der Waals surface area contributed by atoms with E-state index in [0.29, 0.717) is 19.6 Å². The maximum atomic E-state index is 11.9. The lowest BCUT2D eigenvalue weighted by Crippen LogP contribution is -2.28. The topological polar surface area (TPSA) is 47.6 Å². The predicted octanol–water partition coefficient (Wildman–Crippen LogP) is 3.21. The van der Waals surface area contributed by atoms with Gasteiger partial charge in [-0.2, -0.15) is 0 Å². The molecule has 0 aromatic heterocycles. The number of carbonyl (C=O) groups excluding carboxylic acids is 1. The van der Waals surface area contributed by atoms with E-state index in [1.54, 1.807) is 0 Å². The van der Waals surface area contributed by atoms with E-state index in [2.05, 4.69) is 21.2 Å². The van der Waals surface area contributed by atoms with Crippen LogP contribution in [0.4, 0.5) is 0 Å². The fraction of sp³-hybridized carbons (Fsp3) is 0.562. The van der Waals surface area contributed by atoms with Crippen molar-refractivity contribution in [1.82, 2.24) is 5.32 Å². The summed E-state index contributed by atoms with van der Waals surface area (Å²) in [7, 11) is 0. The summed E-state index contributed by atoms with van der Waals surface area (Å²) in [4.78, 5) is 11.9. The van der Waals surface area contributed by atoms with Crippen LogP contribution < -0.4 is 5.32 Å². The van der Waals surface area contributed by atoms with Crippen LogP contribution in [-0.2, 0) is 14.3 Å². The molecule has 1 heterocycles. The third kappa shape index (κ3) is 5.77. The first-order valence-corrected chi connectivity index (χ1v) is 8.18. The molecule has 0 radical (unpaired) electrons. The Bertz CT molecular complexity index is 461. The molecular formula is C16H22BrNO3. The number of nitrogens with one attached hydrogen (secondary N) is 1. The van der Waals surface area contributed by atoms with Gasteiger partial charge in [0, 0.05) is 17.5 Å². The summed E-state index contributed by atoms with van der Waals surface area (Å²) in [6, 6.07) is 7.94. The van der Waals surface area contributed by atoms with Crippen LogP contribution >= 0.6 is 15.9 Å². The minimum absolute atomic E-state index is 0.00633. The Hall–Kier alpha value is -0.910. The van der Waals surface area contributed by atoms with Gasteiger partial charge in [0.25, 0.3) is 0 Å². The summed E-state index contributed by atoms with van der Waals surface area (Å²) in [6.45, 7) is 3.84. The number of rotatable bonds is 7. The van der Waals surface area contributed by atoms with Crippen LogP contribution in [-0.4, -0.2) is 31.8 Å². The second-order valence-electron chi connectivity index (χ2n) is 5.30. The van der Waals surface area contributed by atoms with Crippen molar-refractivity contribution < 1.29 is 14.3 Å². The Kier molecular flexibility index (Phi) is 6.67. The van der Waals surface area contributed by atoms with Gasteiger partial charge in [0.1, 0.15) is 0 Å². The standard InChI is InChI=1S/C16H22BrNO3/c1-12(13-4-2-5-14(17)10-13)18-16(19)7-9-20-11-15-6-3-8-21-15/h2,4-5,10,12,15H,3,6-9,11H2,1H3,(H,18,19)/t12-,15+/m0/s1. The van der Waals surface area contributed by atoms with Crippen molar-refractivity contribution in [1.29, 1.82) is 0 Å². The number of benzene rings is 1. The molecule has 2 rings (SSSR count). The Morgan fingerprint density at radius 2 is 2.43 bits per heavy atom. The lowest BCUT2D eigenvalue weighted by atomic mass is 10.1. The van der Waals surface area contributed by atoms with Gasteiger partial charge < -0.3 is 14.8 Å². The van der Waals surface area contributed by atoms with Crippen LogP contribution in [0.5, 0.6) is 0 Å². The highest BCUT2D eigenvalue weighted by Gasteiger charge is 2.15. The van der Waals surface area contributed by atoms with Crippen molar-refractivity contribution in [3.05, 3.63) is 34.3 Å². The largest absolute Gasteiger partial charge is 0.378 e. The molecule has 1 saturated heterocycles. The van der Waals surface area contributed by atoms with Crippen LogP contribution in [0, 0.1) is 0 Å². The molecule has 1 N–H and O–H groups in total. The summed E-state index contributed by atoms with van der Waals surface area (Å²) in [6.07, 6.45) is 2.77. The second kappa shape index (κ2) is 8.51. The van der Waals surface area contributed by atoms with Crippen molar-refractivity contribution in [2.45, 2.75) is 38.3 Å². The van der Waals surface area contributed by atoms with E-state index in [9.17, 15) is 4.79 Å². The van der Waals surface area contributed by atoms with Gasteiger partial charge in [0.05, 0.1) is 25.4 Å². The summed E-state index contributed by atoms with van der Waals surface area (Å²) in [5, 5.41) is 2.98. The van der Waals surface area contributed by atoms with Gasteiger partial charge in [0.2, 0.25) is 5.91 Å². The minimum Gasteiger partial charge on any atom is -0.378 e. The molecule has 4 nitrogen and oxygen atoms in total. The molecule has 1 aromatic carbocycles. The average molecular weight is 356 g/mol. The number of hydrogen-bond donors (Lipinski definition) is 1. The maximum Gasteiger partial charge on any atom is 0.222 e. The summed E-state index contributed by atoms with van der Waals surface area (Å²) in [5.41, 5.74) is 1.08. The Labute approximate surface area is 134 Å². The molecule has 21 heavy (non-hydrogen) atoms. The number of carbonyl (C=O) groups is 1. The molecule has 5 heteroatoms. The first kappa shape index (κ1) is 16.5. The molecule has 2 atom stereocenters. The molecule has 116 valence electrons. The predicted molar refractivity (Wildman–Crippen MR) is 85.1 cm³/mol. The molecule has 1 aliphatic rings. The van der Waals surface area contributed by atoms with Crippen LogP contribution in [0.1, 0.15) is 37.8 Å². The number of amides is 1. The van der Waals surface area contributed by atoms with Gasteiger partial charge in [-0.3, -0.25) is 4.79 Å². The van der Waals surface area contributed by atoms with Gasteiger partial charge in [-0.05, 0) is 37.5 Å². The third-order valence-electron chi connectivity index (χ3n) is 3.53. The van der Waals surface area contributed by atoms with Gasteiger partial charge in [-0.15, -0.1) is 0 Å². The zero-order valence-electron chi connectivity index (χ0n) is 12.3. The Balaban J connectivity index is 1.64. The molecule has 0 saturated carbocycles. The highest BCUT2D eigenvalue weighted by molar-refractivity contribution is 9.10. The van der Waals surface area contributed by atoms with Crippen molar-refractivity contribution in [2.75, 3.05) is 19.8 Å². The van der Waals surface area contributed by atoms with Crippen LogP contribution in [0.25, 0.3) is 0 Å². The summed E-state index contributed by atoms with van der Waals surface area (Å²) < 4.78 is 12.0. The van der Waals surface area contributed by atoms with Crippen molar-refractivity contribution in [3.63, 3.8) is 0 Å². The SMILES string of the molecule is C[C@H](NC(=O)CCOC[C@H]1CCCO1)c1cccc(Br)c1. The summed E-state index contributed by atoms with van der Waals surface area (Å²) in [5.74, 6) is 0.00909. The molecular weight excluding hydrogens is 334 g/mol. The minimum atomic E-state index is -0.00633. The Morgan fingerprint density at radius 1 is 1.57 bits per heavy atom. The zero-order chi connectivity index (χ0) is 15.1. The fourth-order valence-corrected chi connectivity index (χ4v) is 2.75. The monoisotopic (exact) mass is 355 g/mol. The highest BCUT2D eigenvalue weighted by Crippen LogP contribution is 2.18. The molecule has 0 unspecified atom stereocenters. The fourth-order valence-electron chi connectivity index (χ4n) is 2.33. The zero-order valence-corrected chi connectivity index (χ0v) is 13.9. The number of halogens is 1. The molecule has 1 aromatic rings.